The fourth-order valence-electron chi connectivity index (χ4n) is 3.49. The van der Waals surface area contributed by atoms with E-state index in [0.29, 0.717) is 6.54 Å². The lowest BCUT2D eigenvalue weighted by Gasteiger charge is -2.18. The van der Waals surface area contributed by atoms with Crippen molar-refractivity contribution >= 4 is 34.1 Å². The fraction of sp³-hybridized carbons (Fsp3) is 0.182. The van der Waals surface area contributed by atoms with Crippen LogP contribution in [-0.2, 0) is 4.79 Å². The van der Waals surface area contributed by atoms with Gasteiger partial charge in [-0.05, 0) is 35.7 Å². The molecule has 1 heterocycles. The molecule has 0 radical (unpaired) electrons. The Kier molecular flexibility index (Phi) is 4.85. The van der Waals surface area contributed by atoms with Crippen LogP contribution in [0.3, 0.4) is 0 Å². The molecule has 2 N–H and O–H groups in total. The molecule has 0 aromatic heterocycles. The number of nitrogens with one attached hydrogen (secondary N) is 2. The summed E-state index contributed by atoms with van der Waals surface area (Å²) in [4.78, 5) is 26.5. The van der Waals surface area contributed by atoms with Crippen molar-refractivity contribution in [2.24, 2.45) is 0 Å². The van der Waals surface area contributed by atoms with E-state index in [2.05, 4.69) is 10.6 Å². The van der Waals surface area contributed by atoms with Gasteiger partial charge in [0, 0.05) is 24.0 Å². The number of urea groups is 1. The van der Waals surface area contributed by atoms with Gasteiger partial charge in [-0.1, -0.05) is 36.4 Å². The molecule has 28 heavy (non-hydrogen) atoms. The van der Waals surface area contributed by atoms with Crippen LogP contribution in [0.25, 0.3) is 10.8 Å². The normalized spacial score (nSPS) is 16.2. The number of methoxy groups -OCH3 is 1. The van der Waals surface area contributed by atoms with Gasteiger partial charge in [-0.25, -0.2) is 4.79 Å². The van der Waals surface area contributed by atoms with Crippen LogP contribution in [0, 0.1) is 0 Å². The smallest absolute Gasteiger partial charge is 0.319 e. The van der Waals surface area contributed by atoms with E-state index >= 15 is 0 Å². The molecule has 6 nitrogen and oxygen atoms in total. The summed E-state index contributed by atoms with van der Waals surface area (Å²) in [5.74, 6) is 0.722. The SMILES string of the molecule is COc1ccc(N2C[C@@H](NC(=O)Nc3cccc4ccccc34)CC2=O)cc1. The second kappa shape index (κ2) is 7.60. The summed E-state index contributed by atoms with van der Waals surface area (Å²) in [6.07, 6.45) is 0.273. The van der Waals surface area contributed by atoms with Crippen molar-refractivity contribution < 1.29 is 14.3 Å². The lowest BCUT2D eigenvalue weighted by molar-refractivity contribution is -0.117. The number of carbonyl (C=O) groups excluding carboxylic acids is 2. The van der Waals surface area contributed by atoms with Crippen molar-refractivity contribution in [1.29, 1.82) is 0 Å². The molecule has 0 spiro atoms. The number of ether oxygens (including phenoxy) is 1. The molecule has 1 aliphatic rings. The quantitative estimate of drug-likeness (QED) is 0.729. The van der Waals surface area contributed by atoms with Crippen LogP contribution in [-0.4, -0.2) is 31.6 Å². The molecule has 0 saturated carbocycles. The number of amides is 3. The summed E-state index contributed by atoms with van der Waals surface area (Å²) in [5.41, 5.74) is 1.54. The van der Waals surface area contributed by atoms with Gasteiger partial charge >= 0.3 is 6.03 Å². The monoisotopic (exact) mass is 375 g/mol. The molecule has 1 saturated heterocycles. The van der Waals surface area contributed by atoms with Crippen LogP contribution >= 0.6 is 0 Å². The summed E-state index contributed by atoms with van der Waals surface area (Å²) in [7, 11) is 1.60. The Bertz CT molecular complexity index is 1010. The topological polar surface area (TPSA) is 70.7 Å². The minimum absolute atomic E-state index is 0.0133. The number of anilines is 2. The lowest BCUT2D eigenvalue weighted by Crippen LogP contribution is -2.39. The largest absolute Gasteiger partial charge is 0.497 e. The highest BCUT2D eigenvalue weighted by Crippen LogP contribution is 2.25. The average molecular weight is 375 g/mol. The molecule has 142 valence electrons. The summed E-state index contributed by atoms with van der Waals surface area (Å²) in [6.45, 7) is 0.439. The molecule has 0 unspecified atom stereocenters. The van der Waals surface area contributed by atoms with Crippen molar-refractivity contribution in [2.45, 2.75) is 12.5 Å². The van der Waals surface area contributed by atoms with Gasteiger partial charge in [0.15, 0.2) is 0 Å². The van der Waals surface area contributed by atoms with Gasteiger partial charge in [-0.2, -0.15) is 0 Å². The molecule has 0 bridgehead atoms. The molecule has 1 aliphatic heterocycles. The Labute approximate surface area is 163 Å². The standard InChI is InChI=1S/C22H21N3O3/c1-28-18-11-9-17(10-12-18)25-14-16(13-21(25)26)23-22(27)24-20-8-4-6-15-5-2-3-7-19(15)20/h2-12,16H,13-14H2,1H3,(H2,23,24,27)/t16-/m0/s1. The number of hydrogen-bond acceptors (Lipinski definition) is 3. The van der Waals surface area contributed by atoms with Crippen molar-refractivity contribution in [3.05, 3.63) is 66.7 Å². The van der Waals surface area contributed by atoms with E-state index < -0.39 is 0 Å². The Morgan fingerprint density at radius 2 is 1.79 bits per heavy atom. The van der Waals surface area contributed by atoms with Crippen LogP contribution < -0.4 is 20.3 Å². The van der Waals surface area contributed by atoms with Gasteiger partial charge in [-0.15, -0.1) is 0 Å². The van der Waals surface area contributed by atoms with Crippen LogP contribution in [0.5, 0.6) is 5.75 Å². The maximum Gasteiger partial charge on any atom is 0.319 e. The Morgan fingerprint density at radius 3 is 2.57 bits per heavy atom. The molecule has 3 aromatic rings. The number of hydrogen-bond donors (Lipinski definition) is 2. The number of carbonyl (C=O) groups is 2. The number of fused-ring (bicyclic) bond motifs is 1. The highest BCUT2D eigenvalue weighted by Gasteiger charge is 2.31. The Balaban J connectivity index is 1.41. The van der Waals surface area contributed by atoms with Crippen LogP contribution in [0.15, 0.2) is 66.7 Å². The minimum Gasteiger partial charge on any atom is -0.497 e. The third-order valence-electron chi connectivity index (χ3n) is 4.88. The molecular formula is C22H21N3O3. The highest BCUT2D eigenvalue weighted by atomic mass is 16.5. The molecule has 3 amide bonds. The van der Waals surface area contributed by atoms with Gasteiger partial charge in [0.25, 0.3) is 0 Å². The van der Waals surface area contributed by atoms with E-state index in [0.717, 1.165) is 27.9 Å². The molecule has 0 aliphatic carbocycles. The van der Waals surface area contributed by atoms with Crippen molar-refractivity contribution in [3.8, 4) is 5.75 Å². The molecule has 1 atom stereocenters. The van der Waals surface area contributed by atoms with Crippen molar-refractivity contribution in [1.82, 2.24) is 5.32 Å². The molecular weight excluding hydrogens is 354 g/mol. The van der Waals surface area contributed by atoms with Crippen molar-refractivity contribution in [3.63, 3.8) is 0 Å². The zero-order chi connectivity index (χ0) is 19.5. The van der Waals surface area contributed by atoms with Gasteiger partial charge < -0.3 is 20.3 Å². The van der Waals surface area contributed by atoms with Gasteiger partial charge in [0.05, 0.1) is 18.8 Å². The van der Waals surface area contributed by atoms with E-state index in [-0.39, 0.29) is 24.4 Å². The summed E-state index contributed by atoms with van der Waals surface area (Å²) >= 11 is 0. The maximum atomic E-state index is 12.5. The molecule has 4 rings (SSSR count). The third kappa shape index (κ3) is 3.62. The predicted octanol–water partition coefficient (Wildman–Crippen LogP) is 3.78. The summed E-state index contributed by atoms with van der Waals surface area (Å²) in [6, 6.07) is 20.4. The van der Waals surface area contributed by atoms with Gasteiger partial charge in [-0.3, -0.25) is 4.79 Å². The van der Waals surface area contributed by atoms with E-state index in [4.69, 9.17) is 4.74 Å². The third-order valence-corrected chi connectivity index (χ3v) is 4.88. The first kappa shape index (κ1) is 17.9. The second-order valence-corrected chi connectivity index (χ2v) is 6.73. The van der Waals surface area contributed by atoms with Crippen LogP contribution in [0.2, 0.25) is 0 Å². The Morgan fingerprint density at radius 1 is 1.04 bits per heavy atom. The van der Waals surface area contributed by atoms with E-state index in [1.54, 1.807) is 12.0 Å². The fourth-order valence-corrected chi connectivity index (χ4v) is 3.49. The molecule has 1 fully saturated rings. The first-order valence-corrected chi connectivity index (χ1v) is 9.14. The van der Waals surface area contributed by atoms with Crippen LogP contribution in [0.4, 0.5) is 16.2 Å². The maximum absolute atomic E-state index is 12.5. The number of rotatable bonds is 4. The number of nitrogens with zero attached hydrogens (tertiary/aromatic N) is 1. The first-order valence-electron chi connectivity index (χ1n) is 9.14. The zero-order valence-corrected chi connectivity index (χ0v) is 15.5. The average Bonchev–Trinajstić information content (AvgIpc) is 3.08. The second-order valence-electron chi connectivity index (χ2n) is 6.73. The molecule has 3 aromatic carbocycles. The predicted molar refractivity (Wildman–Crippen MR) is 110 cm³/mol. The van der Waals surface area contributed by atoms with Gasteiger partial charge in [0.1, 0.15) is 5.75 Å². The van der Waals surface area contributed by atoms with Gasteiger partial charge in [0.2, 0.25) is 5.91 Å². The summed E-state index contributed by atoms with van der Waals surface area (Å²) in [5, 5.41) is 7.84. The Hall–Kier alpha value is -3.54. The molecule has 6 heteroatoms. The lowest BCUT2D eigenvalue weighted by atomic mass is 10.1. The van der Waals surface area contributed by atoms with E-state index in [1.807, 2.05) is 66.7 Å². The van der Waals surface area contributed by atoms with Crippen LogP contribution in [0.1, 0.15) is 6.42 Å². The minimum atomic E-state index is -0.314. The number of benzene rings is 3. The van der Waals surface area contributed by atoms with E-state index in [1.165, 1.54) is 0 Å². The zero-order valence-electron chi connectivity index (χ0n) is 15.5. The van der Waals surface area contributed by atoms with E-state index in [9.17, 15) is 9.59 Å². The highest BCUT2D eigenvalue weighted by molar-refractivity contribution is 6.02. The summed E-state index contributed by atoms with van der Waals surface area (Å²) < 4.78 is 5.15. The van der Waals surface area contributed by atoms with Crippen molar-refractivity contribution in [2.75, 3.05) is 23.9 Å². The first-order chi connectivity index (χ1) is 13.6.